The quantitative estimate of drug-likeness (QED) is 0.686. The van der Waals surface area contributed by atoms with Gasteiger partial charge in [-0.25, -0.2) is 0 Å². The molecule has 0 unspecified atom stereocenters. The number of hydrogen-bond donors (Lipinski definition) is 3. The van der Waals surface area contributed by atoms with E-state index in [1.807, 2.05) is 0 Å². The van der Waals surface area contributed by atoms with Crippen molar-refractivity contribution in [2.45, 2.75) is 45.4 Å². The second-order valence-electron chi connectivity index (χ2n) is 6.10. The summed E-state index contributed by atoms with van der Waals surface area (Å²) in [6.45, 7) is 7.06. The van der Waals surface area contributed by atoms with Crippen molar-refractivity contribution in [3.8, 4) is 0 Å². The van der Waals surface area contributed by atoms with Crippen LogP contribution in [0, 0.1) is 0 Å². The summed E-state index contributed by atoms with van der Waals surface area (Å²) in [6.07, 6.45) is 0. The fourth-order valence-electron chi connectivity index (χ4n) is 2.00. The van der Waals surface area contributed by atoms with Crippen LogP contribution in [0.25, 0.3) is 0 Å². The molecule has 0 aromatic heterocycles. The average Bonchev–Trinajstić information content (AvgIpc) is 2.69. The monoisotopic (exact) mass is 277 g/mol. The molecule has 1 aromatic rings. The van der Waals surface area contributed by atoms with Gasteiger partial charge in [0.25, 0.3) is 5.91 Å². The first-order valence-electron chi connectivity index (χ1n) is 6.62. The summed E-state index contributed by atoms with van der Waals surface area (Å²) in [5.41, 5.74) is -0.188. The summed E-state index contributed by atoms with van der Waals surface area (Å²) in [5, 5.41) is 23.1. The first kappa shape index (κ1) is 15.0. The number of carbonyl (C=O) groups is 1. The molecule has 1 heterocycles. The lowest BCUT2D eigenvalue weighted by atomic mass is 9.73. The largest absolute Gasteiger partial charge is 0.492 e. The van der Waals surface area contributed by atoms with E-state index in [4.69, 9.17) is 4.65 Å². The van der Waals surface area contributed by atoms with Crippen LogP contribution in [0.4, 0.5) is 0 Å². The van der Waals surface area contributed by atoms with Gasteiger partial charge >= 0.3 is 7.12 Å². The molecular weight excluding hydrogens is 257 g/mol. The van der Waals surface area contributed by atoms with E-state index < -0.39 is 18.3 Å². The standard InChI is InChI=1S/C14H20BNO4/c1-13(2,18)14(3,4)20-15(19)11-7-5-6-9-10(11)8-16-12(9)17/h5-7,18-19H,8H2,1-4H3,(H,16,17). The Kier molecular flexibility index (Phi) is 3.66. The summed E-state index contributed by atoms with van der Waals surface area (Å²) in [5.74, 6) is -0.143. The first-order chi connectivity index (χ1) is 9.13. The normalized spacial score (nSPS) is 15.0. The van der Waals surface area contributed by atoms with Crippen LogP contribution in [0.3, 0.4) is 0 Å². The zero-order chi connectivity index (χ0) is 15.1. The minimum Gasteiger partial charge on any atom is -0.423 e. The molecule has 20 heavy (non-hydrogen) atoms. The number of fused-ring (bicyclic) bond motifs is 1. The van der Waals surface area contributed by atoms with Crippen LogP contribution in [-0.2, 0) is 11.2 Å². The molecule has 0 atom stereocenters. The van der Waals surface area contributed by atoms with Crippen molar-refractivity contribution < 1.29 is 19.6 Å². The van der Waals surface area contributed by atoms with Gasteiger partial charge in [0.05, 0.1) is 11.2 Å². The average molecular weight is 277 g/mol. The zero-order valence-corrected chi connectivity index (χ0v) is 12.2. The van der Waals surface area contributed by atoms with E-state index in [-0.39, 0.29) is 5.91 Å². The van der Waals surface area contributed by atoms with Crippen molar-refractivity contribution in [3.63, 3.8) is 0 Å². The molecule has 0 fully saturated rings. The Morgan fingerprint density at radius 1 is 1.30 bits per heavy atom. The smallest absolute Gasteiger partial charge is 0.423 e. The highest BCUT2D eigenvalue weighted by Gasteiger charge is 2.40. The van der Waals surface area contributed by atoms with E-state index in [9.17, 15) is 14.9 Å². The second kappa shape index (κ2) is 4.88. The molecule has 3 N–H and O–H groups in total. The van der Waals surface area contributed by atoms with E-state index in [0.717, 1.165) is 5.56 Å². The lowest BCUT2D eigenvalue weighted by Gasteiger charge is -2.38. The van der Waals surface area contributed by atoms with Crippen LogP contribution in [0.15, 0.2) is 18.2 Å². The second-order valence-corrected chi connectivity index (χ2v) is 6.10. The lowest BCUT2D eigenvalue weighted by Crippen LogP contribution is -2.53. The topological polar surface area (TPSA) is 78.8 Å². The summed E-state index contributed by atoms with van der Waals surface area (Å²) >= 11 is 0. The maximum Gasteiger partial charge on any atom is 0.492 e. The Labute approximate surface area is 119 Å². The summed E-state index contributed by atoms with van der Waals surface area (Å²) in [7, 11) is -1.20. The van der Waals surface area contributed by atoms with E-state index >= 15 is 0 Å². The van der Waals surface area contributed by atoms with Crippen molar-refractivity contribution >= 4 is 18.5 Å². The molecular formula is C14H20BNO4. The number of rotatable bonds is 4. The maximum atomic E-state index is 11.6. The van der Waals surface area contributed by atoms with Gasteiger partial charge in [-0.05, 0) is 44.8 Å². The molecule has 5 nitrogen and oxygen atoms in total. The van der Waals surface area contributed by atoms with E-state index in [0.29, 0.717) is 17.6 Å². The number of aliphatic hydroxyl groups is 1. The Morgan fingerprint density at radius 2 is 1.95 bits per heavy atom. The number of hydrogen-bond acceptors (Lipinski definition) is 4. The van der Waals surface area contributed by atoms with Gasteiger partial charge in [0.15, 0.2) is 0 Å². The van der Waals surface area contributed by atoms with Crippen LogP contribution in [0.2, 0.25) is 0 Å². The third kappa shape index (κ3) is 2.59. The molecule has 0 aliphatic carbocycles. The molecule has 1 aromatic carbocycles. The molecule has 1 aliphatic rings. The Bertz CT molecular complexity index is 536. The molecule has 0 spiro atoms. The highest BCUT2D eigenvalue weighted by molar-refractivity contribution is 6.61. The summed E-state index contributed by atoms with van der Waals surface area (Å²) in [4.78, 5) is 11.6. The van der Waals surface area contributed by atoms with Gasteiger partial charge in [0.1, 0.15) is 0 Å². The predicted molar refractivity (Wildman–Crippen MR) is 76.7 cm³/mol. The van der Waals surface area contributed by atoms with E-state index in [1.54, 1.807) is 45.9 Å². The van der Waals surface area contributed by atoms with Gasteiger partial charge in [-0.15, -0.1) is 0 Å². The fourth-order valence-corrected chi connectivity index (χ4v) is 2.00. The number of nitrogens with one attached hydrogen (secondary N) is 1. The molecule has 2 rings (SSSR count). The number of amides is 1. The van der Waals surface area contributed by atoms with Crippen molar-refractivity contribution in [3.05, 3.63) is 29.3 Å². The van der Waals surface area contributed by atoms with Crippen LogP contribution in [0.5, 0.6) is 0 Å². The summed E-state index contributed by atoms with van der Waals surface area (Å²) < 4.78 is 5.62. The van der Waals surface area contributed by atoms with E-state index in [1.165, 1.54) is 0 Å². The Morgan fingerprint density at radius 3 is 2.55 bits per heavy atom. The van der Waals surface area contributed by atoms with Crippen LogP contribution < -0.4 is 10.8 Å². The van der Waals surface area contributed by atoms with Gasteiger partial charge in [-0.1, -0.05) is 12.1 Å². The van der Waals surface area contributed by atoms with Crippen molar-refractivity contribution in [2.75, 3.05) is 0 Å². The fraction of sp³-hybridized carbons (Fsp3) is 0.500. The van der Waals surface area contributed by atoms with Crippen molar-refractivity contribution in [1.82, 2.24) is 5.32 Å². The third-order valence-corrected chi connectivity index (χ3v) is 4.03. The van der Waals surface area contributed by atoms with Gasteiger partial charge < -0.3 is 20.1 Å². The Balaban J connectivity index is 2.28. The SMILES string of the molecule is CC(C)(O)C(C)(C)OB(O)c1cccc2c1CNC2=O. The number of carbonyl (C=O) groups excluding carboxylic acids is 1. The van der Waals surface area contributed by atoms with Gasteiger partial charge in [0.2, 0.25) is 0 Å². The predicted octanol–water partition coefficient (Wildman–Crippen LogP) is 0.184. The van der Waals surface area contributed by atoms with Crippen LogP contribution in [0.1, 0.15) is 43.6 Å². The molecule has 0 saturated carbocycles. The van der Waals surface area contributed by atoms with Gasteiger partial charge in [-0.3, -0.25) is 4.79 Å². The molecule has 0 saturated heterocycles. The van der Waals surface area contributed by atoms with Crippen LogP contribution in [-0.4, -0.2) is 34.4 Å². The van der Waals surface area contributed by atoms with Crippen molar-refractivity contribution in [2.24, 2.45) is 0 Å². The molecule has 1 amide bonds. The highest BCUT2D eigenvalue weighted by Crippen LogP contribution is 2.26. The zero-order valence-electron chi connectivity index (χ0n) is 12.2. The summed E-state index contributed by atoms with van der Waals surface area (Å²) in [6, 6.07) is 5.15. The number of benzene rings is 1. The molecule has 108 valence electrons. The van der Waals surface area contributed by atoms with Gasteiger partial charge in [-0.2, -0.15) is 0 Å². The lowest BCUT2D eigenvalue weighted by molar-refractivity contribution is -0.0982. The van der Waals surface area contributed by atoms with Crippen molar-refractivity contribution in [1.29, 1.82) is 0 Å². The third-order valence-electron chi connectivity index (χ3n) is 4.03. The minimum atomic E-state index is -1.20. The molecule has 6 heteroatoms. The van der Waals surface area contributed by atoms with Crippen LogP contribution >= 0.6 is 0 Å². The first-order valence-corrected chi connectivity index (χ1v) is 6.62. The molecule has 0 radical (unpaired) electrons. The molecule has 1 aliphatic heterocycles. The van der Waals surface area contributed by atoms with E-state index in [2.05, 4.69) is 5.32 Å². The maximum absolute atomic E-state index is 11.6. The minimum absolute atomic E-state index is 0.143. The molecule has 0 bridgehead atoms. The Hall–Kier alpha value is -1.37. The highest BCUT2D eigenvalue weighted by atomic mass is 16.5. The van der Waals surface area contributed by atoms with Gasteiger partial charge in [0, 0.05) is 12.1 Å².